The molecule has 2 N–H and O–H groups in total. The Hall–Kier alpha value is -1.72. The van der Waals surface area contributed by atoms with E-state index in [9.17, 15) is 0 Å². The van der Waals surface area contributed by atoms with E-state index in [1.54, 1.807) is 12.7 Å². The van der Waals surface area contributed by atoms with Gasteiger partial charge in [-0.2, -0.15) is 5.10 Å². The Kier molecular flexibility index (Phi) is 4.55. The van der Waals surface area contributed by atoms with Gasteiger partial charge in [-0.1, -0.05) is 12.1 Å². The molecule has 1 aliphatic rings. The molecule has 1 unspecified atom stereocenters. The zero-order valence-electron chi connectivity index (χ0n) is 13.5. The molecule has 22 heavy (non-hydrogen) atoms. The summed E-state index contributed by atoms with van der Waals surface area (Å²) in [5.74, 6) is 0. The number of hydrogen-bond acceptors (Lipinski definition) is 4. The van der Waals surface area contributed by atoms with Gasteiger partial charge in [0.25, 0.3) is 0 Å². The number of benzene rings is 1. The Morgan fingerprint density at radius 2 is 1.95 bits per heavy atom. The molecule has 2 aromatic rings. The van der Waals surface area contributed by atoms with Crippen molar-refractivity contribution >= 4 is 0 Å². The Morgan fingerprint density at radius 1 is 1.18 bits per heavy atom. The summed E-state index contributed by atoms with van der Waals surface area (Å²) in [5.41, 5.74) is 11.5. The number of aromatic nitrogens is 3. The predicted molar refractivity (Wildman–Crippen MR) is 87.5 cm³/mol. The van der Waals surface area contributed by atoms with Gasteiger partial charge in [-0.15, -0.1) is 0 Å². The maximum atomic E-state index is 6.10. The SMILES string of the molecule is Cc1cc(C)c(Cn2cncn2)cc1CN1CCCC(N)C1. The van der Waals surface area contributed by atoms with E-state index in [1.165, 1.54) is 28.7 Å². The molecular formula is C17H25N5. The van der Waals surface area contributed by atoms with Crippen LogP contribution in [0.1, 0.15) is 35.1 Å². The second kappa shape index (κ2) is 6.58. The van der Waals surface area contributed by atoms with Crippen molar-refractivity contribution in [1.29, 1.82) is 0 Å². The van der Waals surface area contributed by atoms with Gasteiger partial charge < -0.3 is 5.73 Å². The van der Waals surface area contributed by atoms with Crippen molar-refractivity contribution in [3.63, 3.8) is 0 Å². The molecule has 0 radical (unpaired) electrons. The number of piperidine rings is 1. The minimum absolute atomic E-state index is 0.328. The molecule has 1 aromatic heterocycles. The molecule has 1 aliphatic heterocycles. The van der Waals surface area contributed by atoms with Gasteiger partial charge >= 0.3 is 0 Å². The van der Waals surface area contributed by atoms with Crippen LogP contribution in [-0.4, -0.2) is 38.8 Å². The first-order valence-corrected chi connectivity index (χ1v) is 8.01. The second-order valence-corrected chi connectivity index (χ2v) is 6.44. The molecule has 0 saturated carbocycles. The summed E-state index contributed by atoms with van der Waals surface area (Å²) >= 11 is 0. The number of hydrogen-bond donors (Lipinski definition) is 1. The van der Waals surface area contributed by atoms with Gasteiger partial charge in [0.15, 0.2) is 0 Å². The first-order valence-electron chi connectivity index (χ1n) is 8.01. The third-order valence-corrected chi connectivity index (χ3v) is 4.53. The Balaban J connectivity index is 1.78. The number of nitrogens with zero attached hydrogens (tertiary/aromatic N) is 4. The maximum absolute atomic E-state index is 6.10. The van der Waals surface area contributed by atoms with E-state index < -0.39 is 0 Å². The van der Waals surface area contributed by atoms with Gasteiger partial charge in [0.05, 0.1) is 6.54 Å². The fourth-order valence-electron chi connectivity index (χ4n) is 3.25. The van der Waals surface area contributed by atoms with E-state index in [0.717, 1.165) is 32.6 Å². The molecule has 0 spiro atoms. The largest absolute Gasteiger partial charge is 0.327 e. The first-order chi connectivity index (χ1) is 10.6. The Morgan fingerprint density at radius 3 is 2.64 bits per heavy atom. The van der Waals surface area contributed by atoms with E-state index >= 15 is 0 Å². The molecule has 1 atom stereocenters. The van der Waals surface area contributed by atoms with Crippen LogP contribution < -0.4 is 5.73 Å². The Bertz CT molecular complexity index is 620. The van der Waals surface area contributed by atoms with E-state index in [0.29, 0.717) is 6.04 Å². The summed E-state index contributed by atoms with van der Waals surface area (Å²) in [4.78, 5) is 6.50. The molecule has 1 fully saturated rings. The minimum atomic E-state index is 0.328. The number of likely N-dealkylation sites (tertiary alicyclic amines) is 1. The molecule has 118 valence electrons. The average Bonchev–Trinajstić information content (AvgIpc) is 2.97. The third-order valence-electron chi connectivity index (χ3n) is 4.53. The summed E-state index contributed by atoms with van der Waals surface area (Å²) in [6, 6.07) is 4.94. The van der Waals surface area contributed by atoms with Crippen LogP contribution in [0.3, 0.4) is 0 Å². The molecule has 0 aliphatic carbocycles. The molecule has 5 nitrogen and oxygen atoms in total. The highest BCUT2D eigenvalue weighted by atomic mass is 15.3. The zero-order chi connectivity index (χ0) is 15.5. The zero-order valence-corrected chi connectivity index (χ0v) is 13.5. The van der Waals surface area contributed by atoms with Crippen molar-refractivity contribution in [2.45, 2.75) is 45.8 Å². The molecule has 1 aromatic carbocycles. The van der Waals surface area contributed by atoms with Crippen LogP contribution in [-0.2, 0) is 13.1 Å². The lowest BCUT2D eigenvalue weighted by molar-refractivity contribution is 0.201. The standard InChI is InChI=1S/C17H25N5/c1-13-6-14(2)16(9-22-12-19-11-20-22)7-15(13)8-21-5-3-4-17(18)10-21/h6-7,11-12,17H,3-5,8-10,18H2,1-2H3. The van der Waals surface area contributed by atoms with Crippen LogP contribution in [0.5, 0.6) is 0 Å². The van der Waals surface area contributed by atoms with Crippen LogP contribution in [0.15, 0.2) is 24.8 Å². The highest BCUT2D eigenvalue weighted by molar-refractivity contribution is 5.37. The van der Waals surface area contributed by atoms with Crippen molar-refractivity contribution in [3.05, 3.63) is 47.0 Å². The molecular weight excluding hydrogens is 274 g/mol. The molecule has 5 heteroatoms. The van der Waals surface area contributed by atoms with Crippen LogP contribution in [0.4, 0.5) is 0 Å². The van der Waals surface area contributed by atoms with Crippen molar-refractivity contribution in [2.24, 2.45) is 5.73 Å². The summed E-state index contributed by atoms with van der Waals surface area (Å²) in [6.45, 7) is 8.29. The fraction of sp³-hybridized carbons (Fsp3) is 0.529. The lowest BCUT2D eigenvalue weighted by Gasteiger charge is -2.31. The van der Waals surface area contributed by atoms with Crippen LogP contribution in [0.2, 0.25) is 0 Å². The number of rotatable bonds is 4. The molecule has 3 rings (SSSR count). The topological polar surface area (TPSA) is 60.0 Å². The van der Waals surface area contributed by atoms with Gasteiger partial charge in [0.2, 0.25) is 0 Å². The molecule has 0 bridgehead atoms. The van der Waals surface area contributed by atoms with Crippen molar-refractivity contribution in [1.82, 2.24) is 19.7 Å². The van der Waals surface area contributed by atoms with Crippen molar-refractivity contribution < 1.29 is 0 Å². The highest BCUT2D eigenvalue weighted by Crippen LogP contribution is 2.20. The number of aryl methyl sites for hydroxylation is 2. The summed E-state index contributed by atoms with van der Waals surface area (Å²) in [6.07, 6.45) is 5.71. The quantitative estimate of drug-likeness (QED) is 0.936. The van der Waals surface area contributed by atoms with Crippen LogP contribution in [0, 0.1) is 13.8 Å². The average molecular weight is 299 g/mol. The third kappa shape index (κ3) is 3.54. The number of nitrogens with two attached hydrogens (primary N) is 1. The van der Waals surface area contributed by atoms with Gasteiger partial charge in [-0.25, -0.2) is 9.67 Å². The maximum Gasteiger partial charge on any atom is 0.137 e. The van der Waals surface area contributed by atoms with Crippen LogP contribution >= 0.6 is 0 Å². The van der Waals surface area contributed by atoms with Crippen molar-refractivity contribution in [3.8, 4) is 0 Å². The fourth-order valence-corrected chi connectivity index (χ4v) is 3.25. The van der Waals surface area contributed by atoms with Gasteiger partial charge in [0.1, 0.15) is 12.7 Å². The van der Waals surface area contributed by atoms with E-state index in [2.05, 4.69) is 41.0 Å². The minimum Gasteiger partial charge on any atom is -0.327 e. The van der Waals surface area contributed by atoms with Crippen molar-refractivity contribution in [2.75, 3.05) is 13.1 Å². The summed E-state index contributed by atoms with van der Waals surface area (Å²) in [5, 5.41) is 4.21. The van der Waals surface area contributed by atoms with E-state index in [-0.39, 0.29) is 0 Å². The molecule has 2 heterocycles. The van der Waals surface area contributed by atoms with Gasteiger partial charge in [-0.05, 0) is 55.5 Å². The highest BCUT2D eigenvalue weighted by Gasteiger charge is 2.17. The summed E-state index contributed by atoms with van der Waals surface area (Å²) < 4.78 is 1.87. The lowest BCUT2D eigenvalue weighted by atomic mass is 9.98. The smallest absolute Gasteiger partial charge is 0.137 e. The first kappa shape index (κ1) is 15.2. The second-order valence-electron chi connectivity index (χ2n) is 6.44. The van der Waals surface area contributed by atoms with E-state index in [4.69, 9.17) is 5.73 Å². The monoisotopic (exact) mass is 299 g/mol. The summed E-state index contributed by atoms with van der Waals surface area (Å²) in [7, 11) is 0. The van der Waals surface area contributed by atoms with Gasteiger partial charge in [0, 0.05) is 19.1 Å². The molecule has 0 amide bonds. The van der Waals surface area contributed by atoms with Crippen LogP contribution in [0.25, 0.3) is 0 Å². The lowest BCUT2D eigenvalue weighted by Crippen LogP contribution is -2.42. The van der Waals surface area contributed by atoms with Gasteiger partial charge in [-0.3, -0.25) is 4.90 Å². The predicted octanol–water partition coefficient (Wildman–Crippen LogP) is 1.87. The molecule has 1 saturated heterocycles. The Labute approximate surface area is 132 Å². The normalized spacial score (nSPS) is 19.5. The van der Waals surface area contributed by atoms with E-state index in [1.807, 2.05) is 4.68 Å².